The van der Waals surface area contributed by atoms with Gasteiger partial charge in [0.05, 0.1) is 44.5 Å². The molecule has 0 aliphatic carbocycles. The van der Waals surface area contributed by atoms with Crippen LogP contribution in [-0.4, -0.2) is 57.3 Å². The SMILES string of the molecule is COc1cc(OC)c(C2=CCN(C(=O)c3cc([N+](=O)[O-])ccc3OC)CC2)c(OC)c1. The zero-order valence-electron chi connectivity index (χ0n) is 17.8. The van der Waals surface area contributed by atoms with Gasteiger partial charge in [-0.15, -0.1) is 0 Å². The molecule has 0 atom stereocenters. The third-order valence-electron chi connectivity index (χ3n) is 5.16. The molecule has 0 fully saturated rings. The van der Waals surface area contributed by atoms with E-state index in [1.165, 1.54) is 25.3 Å². The van der Waals surface area contributed by atoms with Crippen molar-refractivity contribution in [1.82, 2.24) is 4.90 Å². The molecule has 2 aromatic rings. The van der Waals surface area contributed by atoms with Gasteiger partial charge in [0.25, 0.3) is 11.6 Å². The van der Waals surface area contributed by atoms with E-state index in [1.807, 2.05) is 6.08 Å². The molecule has 0 spiro atoms. The van der Waals surface area contributed by atoms with Gasteiger partial charge in [-0.3, -0.25) is 14.9 Å². The molecule has 2 aromatic carbocycles. The number of hydrogen-bond donors (Lipinski definition) is 0. The van der Waals surface area contributed by atoms with Crippen LogP contribution in [0.5, 0.6) is 23.0 Å². The molecule has 0 aromatic heterocycles. The van der Waals surface area contributed by atoms with E-state index in [2.05, 4.69) is 0 Å². The van der Waals surface area contributed by atoms with Crippen molar-refractivity contribution < 1.29 is 28.7 Å². The van der Waals surface area contributed by atoms with Crippen LogP contribution >= 0.6 is 0 Å². The lowest BCUT2D eigenvalue weighted by molar-refractivity contribution is -0.384. The van der Waals surface area contributed by atoms with Crippen molar-refractivity contribution in [3.8, 4) is 23.0 Å². The maximum Gasteiger partial charge on any atom is 0.270 e. The van der Waals surface area contributed by atoms with E-state index in [-0.39, 0.29) is 17.2 Å². The molecule has 0 radical (unpaired) electrons. The van der Waals surface area contributed by atoms with Crippen molar-refractivity contribution >= 4 is 17.2 Å². The average Bonchev–Trinajstić information content (AvgIpc) is 2.82. The standard InChI is InChI=1S/C22H24N2O7/c1-28-16-12-19(30-3)21(20(13-16)31-4)14-7-9-23(10-8-14)22(25)17-11-15(24(26)27)5-6-18(17)29-2/h5-7,11-13H,8-10H2,1-4H3. The smallest absolute Gasteiger partial charge is 0.270 e. The van der Waals surface area contributed by atoms with Crippen molar-refractivity contribution in [3.63, 3.8) is 0 Å². The summed E-state index contributed by atoms with van der Waals surface area (Å²) in [5.41, 5.74) is 1.79. The number of nitro groups is 1. The molecule has 1 aliphatic rings. The molecule has 3 rings (SSSR count). The Kier molecular flexibility index (Phi) is 6.64. The van der Waals surface area contributed by atoms with Crippen LogP contribution in [0.15, 0.2) is 36.4 Å². The molecule has 1 heterocycles. The van der Waals surface area contributed by atoms with Crippen molar-refractivity contribution in [1.29, 1.82) is 0 Å². The summed E-state index contributed by atoms with van der Waals surface area (Å²) in [6.07, 6.45) is 2.49. The van der Waals surface area contributed by atoms with Gasteiger partial charge in [-0.2, -0.15) is 0 Å². The number of non-ortho nitro benzene ring substituents is 1. The predicted octanol–water partition coefficient (Wildman–Crippen LogP) is 3.56. The monoisotopic (exact) mass is 428 g/mol. The molecule has 0 N–H and O–H groups in total. The summed E-state index contributed by atoms with van der Waals surface area (Å²) in [6, 6.07) is 7.56. The topological polar surface area (TPSA) is 100 Å². The van der Waals surface area contributed by atoms with E-state index in [0.29, 0.717) is 42.5 Å². The number of methoxy groups -OCH3 is 4. The van der Waals surface area contributed by atoms with Crippen LogP contribution < -0.4 is 18.9 Å². The summed E-state index contributed by atoms with van der Waals surface area (Å²) < 4.78 is 21.6. The number of carbonyl (C=O) groups is 1. The lowest BCUT2D eigenvalue weighted by atomic mass is 9.96. The zero-order chi connectivity index (χ0) is 22.5. The molecule has 0 bridgehead atoms. The van der Waals surface area contributed by atoms with Gasteiger partial charge in [0.15, 0.2) is 0 Å². The predicted molar refractivity (Wildman–Crippen MR) is 114 cm³/mol. The Morgan fingerprint density at radius 1 is 0.968 bits per heavy atom. The van der Waals surface area contributed by atoms with Gasteiger partial charge in [0, 0.05) is 37.4 Å². The highest BCUT2D eigenvalue weighted by atomic mass is 16.6. The number of nitrogens with zero attached hydrogens (tertiary/aromatic N) is 2. The molecular formula is C22H24N2O7. The first-order chi connectivity index (χ1) is 14.9. The van der Waals surface area contributed by atoms with E-state index in [9.17, 15) is 14.9 Å². The molecule has 0 unspecified atom stereocenters. The number of carbonyl (C=O) groups excluding carboxylic acids is 1. The Balaban J connectivity index is 1.90. The minimum Gasteiger partial charge on any atom is -0.496 e. The first-order valence-corrected chi connectivity index (χ1v) is 9.54. The first-order valence-electron chi connectivity index (χ1n) is 9.54. The molecule has 0 saturated carbocycles. The summed E-state index contributed by atoms with van der Waals surface area (Å²) >= 11 is 0. The Hall–Kier alpha value is -3.75. The fourth-order valence-corrected chi connectivity index (χ4v) is 3.55. The third-order valence-corrected chi connectivity index (χ3v) is 5.16. The van der Waals surface area contributed by atoms with Gasteiger partial charge in [0.2, 0.25) is 0 Å². The second kappa shape index (κ2) is 9.38. The van der Waals surface area contributed by atoms with E-state index < -0.39 is 4.92 Å². The van der Waals surface area contributed by atoms with Crippen molar-refractivity contribution in [2.24, 2.45) is 0 Å². The lowest BCUT2D eigenvalue weighted by Gasteiger charge is -2.28. The van der Waals surface area contributed by atoms with Crippen LogP contribution in [0.1, 0.15) is 22.3 Å². The van der Waals surface area contributed by atoms with E-state index in [4.69, 9.17) is 18.9 Å². The minimum atomic E-state index is -0.535. The van der Waals surface area contributed by atoms with Crippen LogP contribution in [0.2, 0.25) is 0 Å². The molecule has 0 saturated heterocycles. The van der Waals surface area contributed by atoms with Crippen LogP contribution in [0.4, 0.5) is 5.69 Å². The summed E-state index contributed by atoms with van der Waals surface area (Å²) in [6.45, 7) is 0.757. The molecule has 31 heavy (non-hydrogen) atoms. The van der Waals surface area contributed by atoms with Gasteiger partial charge in [0.1, 0.15) is 23.0 Å². The second-order valence-corrected chi connectivity index (χ2v) is 6.78. The van der Waals surface area contributed by atoms with E-state index in [0.717, 1.165) is 11.1 Å². The number of benzene rings is 2. The summed E-state index contributed by atoms with van der Waals surface area (Å²) in [5.74, 6) is 1.81. The van der Waals surface area contributed by atoms with E-state index >= 15 is 0 Å². The lowest BCUT2D eigenvalue weighted by Crippen LogP contribution is -2.35. The van der Waals surface area contributed by atoms with Gasteiger partial charge < -0.3 is 23.8 Å². The number of rotatable bonds is 7. The third kappa shape index (κ3) is 4.40. The highest BCUT2D eigenvalue weighted by Gasteiger charge is 2.26. The van der Waals surface area contributed by atoms with Crippen LogP contribution in [0.3, 0.4) is 0 Å². The summed E-state index contributed by atoms with van der Waals surface area (Å²) in [5, 5.41) is 11.1. The van der Waals surface area contributed by atoms with Crippen LogP contribution in [-0.2, 0) is 0 Å². The summed E-state index contributed by atoms with van der Waals surface area (Å²) in [7, 11) is 6.14. The second-order valence-electron chi connectivity index (χ2n) is 6.78. The van der Waals surface area contributed by atoms with Crippen molar-refractivity contribution in [3.05, 3.63) is 57.6 Å². The molecule has 1 aliphatic heterocycles. The van der Waals surface area contributed by atoms with E-state index in [1.54, 1.807) is 38.4 Å². The van der Waals surface area contributed by atoms with Crippen LogP contribution in [0, 0.1) is 10.1 Å². The Morgan fingerprint density at radius 2 is 1.61 bits per heavy atom. The Morgan fingerprint density at radius 3 is 2.10 bits per heavy atom. The van der Waals surface area contributed by atoms with Gasteiger partial charge in [-0.25, -0.2) is 0 Å². The Labute approximate surface area is 179 Å². The molecular weight excluding hydrogens is 404 g/mol. The van der Waals surface area contributed by atoms with Gasteiger partial charge in [-0.05, 0) is 18.1 Å². The first kappa shape index (κ1) is 21.9. The molecule has 9 nitrogen and oxygen atoms in total. The molecule has 164 valence electrons. The van der Waals surface area contributed by atoms with Crippen molar-refractivity contribution in [2.45, 2.75) is 6.42 Å². The van der Waals surface area contributed by atoms with Crippen LogP contribution in [0.25, 0.3) is 5.57 Å². The fraction of sp³-hybridized carbons (Fsp3) is 0.318. The van der Waals surface area contributed by atoms with Crippen molar-refractivity contribution in [2.75, 3.05) is 41.5 Å². The Bertz CT molecular complexity index is 1010. The summed E-state index contributed by atoms with van der Waals surface area (Å²) in [4.78, 5) is 25.3. The maximum atomic E-state index is 13.1. The normalized spacial score (nSPS) is 13.3. The highest BCUT2D eigenvalue weighted by molar-refractivity contribution is 5.98. The highest BCUT2D eigenvalue weighted by Crippen LogP contribution is 2.41. The van der Waals surface area contributed by atoms with Gasteiger partial charge in [-0.1, -0.05) is 6.08 Å². The number of hydrogen-bond acceptors (Lipinski definition) is 7. The number of ether oxygens (including phenoxy) is 4. The minimum absolute atomic E-state index is 0.160. The number of nitro benzene ring substituents is 1. The molecule has 9 heteroatoms. The maximum absolute atomic E-state index is 13.1. The average molecular weight is 428 g/mol. The largest absolute Gasteiger partial charge is 0.496 e. The quantitative estimate of drug-likeness (QED) is 0.491. The molecule has 1 amide bonds. The zero-order valence-corrected chi connectivity index (χ0v) is 17.8. The number of amides is 1. The van der Waals surface area contributed by atoms with Gasteiger partial charge >= 0.3 is 0 Å². The fourth-order valence-electron chi connectivity index (χ4n) is 3.55.